The molecule has 0 saturated carbocycles. The highest BCUT2D eigenvalue weighted by Crippen LogP contribution is 2.35. The Balaban J connectivity index is 1.58. The zero-order chi connectivity index (χ0) is 18.1. The molecule has 1 N–H and O–H groups in total. The van der Waals surface area contributed by atoms with Crippen molar-refractivity contribution in [3.8, 4) is 0 Å². The van der Waals surface area contributed by atoms with E-state index in [4.69, 9.17) is 4.74 Å². The first kappa shape index (κ1) is 18.8. The smallest absolute Gasteiger partial charge is 0.208 e. The lowest BCUT2D eigenvalue weighted by Gasteiger charge is -2.46. The molecule has 1 aromatic carbocycles. The highest BCUT2D eigenvalue weighted by Gasteiger charge is 2.40. The van der Waals surface area contributed by atoms with Crippen molar-refractivity contribution in [3.05, 3.63) is 35.1 Å². The zero-order valence-corrected chi connectivity index (χ0v) is 15.7. The van der Waals surface area contributed by atoms with Crippen LogP contribution in [0, 0.1) is 12.7 Å². The van der Waals surface area contributed by atoms with E-state index in [1.165, 1.54) is 12.3 Å². The molecular weight excluding hydrogens is 343 g/mol. The van der Waals surface area contributed by atoms with E-state index < -0.39 is 10.0 Å². The molecule has 0 aromatic heterocycles. The molecule has 0 radical (unpaired) electrons. The Bertz CT molecular complexity index is 715. The average Bonchev–Trinajstić information content (AvgIpc) is 2.52. The Morgan fingerprint density at radius 2 is 2.08 bits per heavy atom. The fourth-order valence-corrected chi connectivity index (χ4v) is 4.77. The third kappa shape index (κ3) is 5.00. The number of halogens is 1. The highest BCUT2D eigenvalue weighted by molar-refractivity contribution is 7.88. The number of nitrogens with one attached hydrogen (secondary N) is 1. The van der Waals surface area contributed by atoms with Crippen LogP contribution in [0.3, 0.4) is 0 Å². The van der Waals surface area contributed by atoms with Crippen molar-refractivity contribution < 1.29 is 17.5 Å². The van der Waals surface area contributed by atoms with E-state index in [1.807, 2.05) is 13.0 Å². The molecule has 0 bridgehead atoms. The van der Waals surface area contributed by atoms with E-state index in [0.29, 0.717) is 26.0 Å². The molecule has 2 aliphatic heterocycles. The van der Waals surface area contributed by atoms with Crippen LogP contribution in [0.5, 0.6) is 0 Å². The molecule has 1 spiro atoms. The second-order valence-electron chi connectivity index (χ2n) is 7.48. The first-order valence-electron chi connectivity index (χ1n) is 8.83. The lowest BCUT2D eigenvalue weighted by molar-refractivity contribution is -0.118. The van der Waals surface area contributed by atoms with Crippen molar-refractivity contribution in [2.45, 2.75) is 50.8 Å². The first-order valence-corrected chi connectivity index (χ1v) is 10.7. The van der Waals surface area contributed by atoms with Crippen molar-refractivity contribution in [2.24, 2.45) is 0 Å². The normalized spacial score (nSPS) is 24.5. The van der Waals surface area contributed by atoms with Gasteiger partial charge in [-0.05, 0) is 38.7 Å². The fraction of sp³-hybridized carbons (Fsp3) is 0.667. The quantitative estimate of drug-likeness (QED) is 0.883. The third-order valence-corrected chi connectivity index (χ3v) is 6.00. The highest BCUT2D eigenvalue weighted by atomic mass is 32.2. The predicted octanol–water partition coefficient (Wildman–Crippen LogP) is 2.20. The van der Waals surface area contributed by atoms with Crippen LogP contribution in [0.2, 0.25) is 0 Å². The van der Waals surface area contributed by atoms with Gasteiger partial charge in [-0.3, -0.25) is 4.90 Å². The topological polar surface area (TPSA) is 58.6 Å². The van der Waals surface area contributed by atoms with Crippen LogP contribution >= 0.6 is 0 Å². The Morgan fingerprint density at radius 1 is 1.36 bits per heavy atom. The SMILES string of the molecule is Cc1ccc(F)c(CN2CCC3(CC2)CC(NS(C)(=O)=O)CCO3)c1. The summed E-state index contributed by atoms with van der Waals surface area (Å²) in [6.07, 6.45) is 4.33. The van der Waals surface area contributed by atoms with Crippen LogP contribution in [-0.2, 0) is 21.3 Å². The molecule has 140 valence electrons. The van der Waals surface area contributed by atoms with Gasteiger partial charge in [0.1, 0.15) is 5.82 Å². The van der Waals surface area contributed by atoms with Crippen molar-refractivity contribution in [2.75, 3.05) is 26.0 Å². The predicted molar refractivity (Wildman–Crippen MR) is 95.3 cm³/mol. The van der Waals surface area contributed by atoms with Gasteiger partial charge in [0.05, 0.1) is 11.9 Å². The van der Waals surface area contributed by atoms with Crippen molar-refractivity contribution in [1.29, 1.82) is 0 Å². The van der Waals surface area contributed by atoms with E-state index in [9.17, 15) is 12.8 Å². The standard InChI is InChI=1S/C18H27FN2O3S/c1-14-3-4-17(19)15(11-14)13-21-8-6-18(7-9-21)12-16(5-10-24-18)20-25(2,22)23/h3-4,11,16,20H,5-10,12-13H2,1-2H3. The van der Waals surface area contributed by atoms with E-state index in [1.54, 1.807) is 6.07 Å². The van der Waals surface area contributed by atoms with Crippen LogP contribution in [0.25, 0.3) is 0 Å². The molecule has 1 unspecified atom stereocenters. The summed E-state index contributed by atoms with van der Waals surface area (Å²) in [6.45, 7) is 4.82. The summed E-state index contributed by atoms with van der Waals surface area (Å²) in [5, 5.41) is 0. The number of sulfonamides is 1. The Morgan fingerprint density at radius 3 is 2.76 bits per heavy atom. The van der Waals surface area contributed by atoms with Gasteiger partial charge in [-0.15, -0.1) is 0 Å². The lowest BCUT2D eigenvalue weighted by atomic mass is 9.82. The number of aryl methyl sites for hydroxylation is 1. The molecule has 2 fully saturated rings. The number of hydrogen-bond acceptors (Lipinski definition) is 4. The van der Waals surface area contributed by atoms with Gasteiger partial charge in [0.2, 0.25) is 10.0 Å². The summed E-state index contributed by atoms with van der Waals surface area (Å²) in [5.74, 6) is -0.155. The van der Waals surface area contributed by atoms with Crippen molar-refractivity contribution in [1.82, 2.24) is 9.62 Å². The number of benzene rings is 1. The maximum Gasteiger partial charge on any atom is 0.208 e. The first-order chi connectivity index (χ1) is 11.7. The summed E-state index contributed by atoms with van der Waals surface area (Å²) >= 11 is 0. The van der Waals surface area contributed by atoms with Gasteiger partial charge < -0.3 is 4.74 Å². The Kier molecular flexibility index (Phi) is 5.48. The molecule has 5 nitrogen and oxygen atoms in total. The van der Waals surface area contributed by atoms with Gasteiger partial charge in [0.15, 0.2) is 0 Å². The largest absolute Gasteiger partial charge is 0.375 e. The van der Waals surface area contributed by atoms with Gasteiger partial charge in [-0.2, -0.15) is 0 Å². The number of likely N-dealkylation sites (tertiary alicyclic amines) is 1. The third-order valence-electron chi connectivity index (χ3n) is 5.24. The molecule has 0 aliphatic carbocycles. The fourth-order valence-electron chi connectivity index (χ4n) is 3.96. The molecule has 2 saturated heterocycles. The Hall–Kier alpha value is -1.02. The van der Waals surface area contributed by atoms with Gasteiger partial charge >= 0.3 is 0 Å². The van der Waals surface area contributed by atoms with Crippen LogP contribution in [-0.4, -0.2) is 50.9 Å². The molecule has 2 heterocycles. The van der Waals surface area contributed by atoms with E-state index in [2.05, 4.69) is 9.62 Å². The minimum absolute atomic E-state index is 0.0514. The van der Waals surface area contributed by atoms with Gasteiger partial charge in [-0.1, -0.05) is 17.7 Å². The number of rotatable bonds is 4. The van der Waals surface area contributed by atoms with Crippen molar-refractivity contribution >= 4 is 10.0 Å². The van der Waals surface area contributed by atoms with Crippen LogP contribution in [0.15, 0.2) is 18.2 Å². The van der Waals surface area contributed by atoms with Crippen LogP contribution < -0.4 is 4.72 Å². The van der Waals surface area contributed by atoms with Crippen LogP contribution in [0.4, 0.5) is 4.39 Å². The number of ether oxygens (including phenoxy) is 1. The van der Waals surface area contributed by atoms with E-state index >= 15 is 0 Å². The summed E-state index contributed by atoms with van der Waals surface area (Å²) in [5.41, 5.74) is 1.55. The molecule has 2 aliphatic rings. The molecule has 3 rings (SSSR count). The zero-order valence-electron chi connectivity index (χ0n) is 14.9. The minimum atomic E-state index is -3.20. The summed E-state index contributed by atoms with van der Waals surface area (Å²) in [7, 11) is -3.20. The molecule has 0 amide bonds. The maximum atomic E-state index is 14.0. The van der Waals surface area contributed by atoms with Gasteiger partial charge in [0, 0.05) is 37.8 Å². The summed E-state index contributed by atoms with van der Waals surface area (Å²) in [6, 6.07) is 5.17. The second-order valence-corrected chi connectivity index (χ2v) is 9.26. The average molecular weight is 370 g/mol. The molecule has 1 aromatic rings. The number of piperidine rings is 1. The van der Waals surface area contributed by atoms with Gasteiger partial charge in [-0.25, -0.2) is 17.5 Å². The molecule has 25 heavy (non-hydrogen) atoms. The molecular formula is C18H27FN2O3S. The lowest BCUT2D eigenvalue weighted by Crippen LogP contribution is -2.53. The maximum absolute atomic E-state index is 14.0. The van der Waals surface area contributed by atoms with E-state index in [-0.39, 0.29) is 17.5 Å². The van der Waals surface area contributed by atoms with E-state index in [0.717, 1.165) is 37.1 Å². The van der Waals surface area contributed by atoms with Gasteiger partial charge in [0.25, 0.3) is 0 Å². The van der Waals surface area contributed by atoms with Crippen molar-refractivity contribution in [3.63, 3.8) is 0 Å². The summed E-state index contributed by atoms with van der Waals surface area (Å²) < 4.78 is 45.7. The minimum Gasteiger partial charge on any atom is -0.375 e. The Labute approximate surface area is 149 Å². The van der Waals surface area contributed by atoms with Crippen LogP contribution in [0.1, 0.15) is 36.8 Å². The summed E-state index contributed by atoms with van der Waals surface area (Å²) in [4.78, 5) is 2.25. The monoisotopic (exact) mass is 370 g/mol. The number of nitrogens with zero attached hydrogens (tertiary/aromatic N) is 1. The second kappa shape index (κ2) is 7.31. The molecule has 7 heteroatoms. The molecule has 1 atom stereocenters. The number of hydrogen-bond donors (Lipinski definition) is 1.